The van der Waals surface area contributed by atoms with Gasteiger partial charge in [-0.1, -0.05) is 30.3 Å². The third kappa shape index (κ3) is 3.41. The van der Waals surface area contributed by atoms with Crippen molar-refractivity contribution in [1.82, 2.24) is 9.55 Å². The van der Waals surface area contributed by atoms with Crippen LogP contribution in [0, 0.1) is 0 Å². The van der Waals surface area contributed by atoms with E-state index in [1.54, 1.807) is 6.92 Å². The number of hydrogen-bond acceptors (Lipinski definition) is 4. The third-order valence-corrected chi connectivity index (χ3v) is 3.34. The van der Waals surface area contributed by atoms with Gasteiger partial charge in [0.1, 0.15) is 5.82 Å². The Morgan fingerprint density at radius 2 is 1.90 bits per heavy atom. The van der Waals surface area contributed by atoms with E-state index in [-0.39, 0.29) is 12.6 Å². The normalized spacial score (nSPS) is 13.7. The van der Waals surface area contributed by atoms with Crippen LogP contribution in [0.15, 0.2) is 46.0 Å². The second-order valence-corrected chi connectivity index (χ2v) is 5.00. The van der Waals surface area contributed by atoms with E-state index in [1.807, 2.05) is 37.3 Å². The minimum Gasteiger partial charge on any atom is -0.394 e. The van der Waals surface area contributed by atoms with Crippen molar-refractivity contribution >= 4 is 5.82 Å². The Morgan fingerprint density at radius 3 is 2.48 bits per heavy atom. The molecule has 2 aromatic rings. The Bertz CT molecular complexity index is 675. The molecular formula is C15H19N3O3. The van der Waals surface area contributed by atoms with Gasteiger partial charge in [0.25, 0.3) is 5.56 Å². The van der Waals surface area contributed by atoms with Crippen LogP contribution < -0.4 is 16.6 Å². The molecule has 2 atom stereocenters. The molecule has 0 spiro atoms. The standard InChI is InChI=1S/C15H19N3O3/c1-10(9-19)18-14(20)8-13(17-15(18)21)16-11(2)12-6-4-3-5-7-12/h3-8,10-11,16,19H,9H2,1-2H3,(H,17,21)/t10?,11-/m0/s1. The molecule has 1 aromatic heterocycles. The largest absolute Gasteiger partial charge is 0.394 e. The van der Waals surface area contributed by atoms with Crippen molar-refractivity contribution in [2.24, 2.45) is 0 Å². The van der Waals surface area contributed by atoms with E-state index in [1.165, 1.54) is 6.07 Å². The fourth-order valence-corrected chi connectivity index (χ4v) is 2.14. The summed E-state index contributed by atoms with van der Waals surface area (Å²) in [6, 6.07) is 10.4. The molecule has 6 nitrogen and oxygen atoms in total. The molecule has 2 rings (SSSR count). The zero-order valence-corrected chi connectivity index (χ0v) is 12.0. The summed E-state index contributed by atoms with van der Waals surface area (Å²) in [6.45, 7) is 3.28. The molecular weight excluding hydrogens is 270 g/mol. The van der Waals surface area contributed by atoms with Crippen LogP contribution in [0.5, 0.6) is 0 Å². The number of anilines is 1. The third-order valence-electron chi connectivity index (χ3n) is 3.34. The van der Waals surface area contributed by atoms with E-state index in [4.69, 9.17) is 5.11 Å². The van der Waals surface area contributed by atoms with Crippen molar-refractivity contribution in [3.8, 4) is 0 Å². The maximum Gasteiger partial charge on any atom is 0.330 e. The number of aromatic nitrogens is 2. The van der Waals surface area contributed by atoms with Crippen molar-refractivity contribution < 1.29 is 5.11 Å². The molecule has 1 heterocycles. The Balaban J connectivity index is 2.27. The van der Waals surface area contributed by atoms with Gasteiger partial charge in [-0.25, -0.2) is 4.79 Å². The first-order valence-electron chi connectivity index (χ1n) is 6.81. The van der Waals surface area contributed by atoms with Crippen LogP contribution in [-0.2, 0) is 0 Å². The van der Waals surface area contributed by atoms with Gasteiger partial charge in [-0.3, -0.25) is 14.3 Å². The number of hydrogen-bond donors (Lipinski definition) is 3. The fourth-order valence-electron chi connectivity index (χ4n) is 2.14. The first-order valence-corrected chi connectivity index (χ1v) is 6.81. The highest BCUT2D eigenvalue weighted by atomic mass is 16.3. The highest BCUT2D eigenvalue weighted by molar-refractivity contribution is 5.36. The fraction of sp³-hybridized carbons (Fsp3) is 0.333. The number of aromatic amines is 1. The van der Waals surface area contributed by atoms with Crippen LogP contribution in [0.25, 0.3) is 0 Å². The molecule has 0 bridgehead atoms. The molecule has 0 aliphatic heterocycles. The number of aliphatic hydroxyl groups is 1. The minimum absolute atomic E-state index is 0.0487. The molecule has 0 saturated carbocycles. The van der Waals surface area contributed by atoms with E-state index >= 15 is 0 Å². The highest BCUT2D eigenvalue weighted by Crippen LogP contribution is 2.15. The summed E-state index contributed by atoms with van der Waals surface area (Å²) in [5.41, 5.74) is 0.0705. The summed E-state index contributed by atoms with van der Waals surface area (Å²) in [5, 5.41) is 12.2. The molecule has 21 heavy (non-hydrogen) atoms. The lowest BCUT2D eigenvalue weighted by Crippen LogP contribution is -2.38. The van der Waals surface area contributed by atoms with Crippen molar-refractivity contribution in [2.75, 3.05) is 11.9 Å². The van der Waals surface area contributed by atoms with Gasteiger partial charge in [0, 0.05) is 12.1 Å². The maximum atomic E-state index is 12.0. The monoisotopic (exact) mass is 289 g/mol. The smallest absolute Gasteiger partial charge is 0.330 e. The summed E-state index contributed by atoms with van der Waals surface area (Å²) < 4.78 is 0.998. The molecule has 1 unspecified atom stereocenters. The van der Waals surface area contributed by atoms with Crippen molar-refractivity contribution in [2.45, 2.75) is 25.9 Å². The quantitative estimate of drug-likeness (QED) is 0.773. The summed E-state index contributed by atoms with van der Waals surface area (Å²) in [4.78, 5) is 26.5. The Morgan fingerprint density at radius 1 is 1.24 bits per heavy atom. The number of aliphatic hydroxyl groups excluding tert-OH is 1. The highest BCUT2D eigenvalue weighted by Gasteiger charge is 2.12. The summed E-state index contributed by atoms with van der Waals surface area (Å²) in [5.74, 6) is 0.364. The van der Waals surface area contributed by atoms with Gasteiger partial charge in [-0.2, -0.15) is 0 Å². The van der Waals surface area contributed by atoms with Gasteiger partial charge in [0.2, 0.25) is 0 Å². The molecule has 0 aliphatic rings. The van der Waals surface area contributed by atoms with E-state index in [9.17, 15) is 9.59 Å². The molecule has 3 N–H and O–H groups in total. The molecule has 0 aliphatic carbocycles. The molecule has 0 fully saturated rings. The average molecular weight is 289 g/mol. The number of nitrogens with zero attached hydrogens (tertiary/aromatic N) is 1. The zero-order chi connectivity index (χ0) is 15.4. The summed E-state index contributed by atoms with van der Waals surface area (Å²) in [6.07, 6.45) is 0. The Labute approximate surface area is 122 Å². The first kappa shape index (κ1) is 15.1. The van der Waals surface area contributed by atoms with Gasteiger partial charge in [-0.15, -0.1) is 0 Å². The first-order chi connectivity index (χ1) is 10.0. The van der Waals surface area contributed by atoms with E-state index in [2.05, 4.69) is 10.3 Å². The second-order valence-electron chi connectivity index (χ2n) is 5.00. The van der Waals surface area contributed by atoms with E-state index < -0.39 is 17.3 Å². The summed E-state index contributed by atoms with van der Waals surface area (Å²) >= 11 is 0. The lowest BCUT2D eigenvalue weighted by molar-refractivity contribution is 0.232. The molecule has 1 aromatic carbocycles. The Hall–Kier alpha value is -2.34. The molecule has 6 heteroatoms. The second kappa shape index (κ2) is 6.41. The number of rotatable bonds is 5. The average Bonchev–Trinajstić information content (AvgIpc) is 2.47. The van der Waals surface area contributed by atoms with Gasteiger partial charge < -0.3 is 10.4 Å². The van der Waals surface area contributed by atoms with Crippen LogP contribution in [0.3, 0.4) is 0 Å². The van der Waals surface area contributed by atoms with E-state index in [0.717, 1.165) is 10.1 Å². The number of nitrogens with one attached hydrogen (secondary N) is 2. The molecule has 0 amide bonds. The molecule has 112 valence electrons. The van der Waals surface area contributed by atoms with Crippen LogP contribution >= 0.6 is 0 Å². The number of benzene rings is 1. The maximum absolute atomic E-state index is 12.0. The lowest BCUT2D eigenvalue weighted by Gasteiger charge is -2.16. The molecule has 0 saturated heterocycles. The van der Waals surface area contributed by atoms with Gasteiger partial charge in [0.15, 0.2) is 0 Å². The molecule has 0 radical (unpaired) electrons. The van der Waals surface area contributed by atoms with Crippen molar-refractivity contribution in [1.29, 1.82) is 0 Å². The van der Waals surface area contributed by atoms with Crippen LogP contribution in [0.4, 0.5) is 5.82 Å². The van der Waals surface area contributed by atoms with Crippen LogP contribution in [0.1, 0.15) is 31.5 Å². The predicted octanol–water partition coefficient (Wildman–Crippen LogP) is 1.26. The van der Waals surface area contributed by atoms with Crippen molar-refractivity contribution in [3.63, 3.8) is 0 Å². The number of H-pyrrole nitrogens is 1. The van der Waals surface area contributed by atoms with Crippen molar-refractivity contribution in [3.05, 3.63) is 62.8 Å². The van der Waals surface area contributed by atoms with Gasteiger partial charge in [-0.05, 0) is 19.4 Å². The Kier molecular flexibility index (Phi) is 4.59. The van der Waals surface area contributed by atoms with Gasteiger partial charge >= 0.3 is 5.69 Å². The lowest BCUT2D eigenvalue weighted by atomic mass is 10.1. The minimum atomic E-state index is -0.554. The topological polar surface area (TPSA) is 87.1 Å². The predicted molar refractivity (Wildman–Crippen MR) is 81.6 cm³/mol. The SMILES string of the molecule is CC(CO)n1c(=O)cc(N[C@@H](C)c2ccccc2)[nH]c1=O. The van der Waals surface area contributed by atoms with Crippen LogP contribution in [0.2, 0.25) is 0 Å². The van der Waals surface area contributed by atoms with Crippen LogP contribution in [-0.4, -0.2) is 21.3 Å². The zero-order valence-electron chi connectivity index (χ0n) is 12.0. The van der Waals surface area contributed by atoms with Gasteiger partial charge in [0.05, 0.1) is 12.6 Å². The summed E-state index contributed by atoms with van der Waals surface area (Å²) in [7, 11) is 0. The van der Waals surface area contributed by atoms with E-state index in [0.29, 0.717) is 5.82 Å².